The average molecular weight is 717 g/mol. The van der Waals surface area contributed by atoms with Crippen LogP contribution in [0.15, 0.2) is 206 Å². The van der Waals surface area contributed by atoms with Crippen LogP contribution in [-0.4, -0.2) is 20.6 Å². The molecule has 11 rings (SSSR count). The fourth-order valence-electron chi connectivity index (χ4n) is 8.72. The van der Waals surface area contributed by atoms with Crippen LogP contribution in [0.25, 0.3) is 72.5 Å². The van der Waals surface area contributed by atoms with Crippen molar-refractivity contribution in [1.29, 1.82) is 0 Å². The van der Waals surface area contributed by atoms with E-state index in [-0.39, 0.29) is 6.04 Å². The Labute approximate surface area is 326 Å². The molecule has 1 aliphatic heterocycles. The van der Waals surface area contributed by atoms with Crippen molar-refractivity contribution in [3.05, 3.63) is 212 Å². The van der Waals surface area contributed by atoms with Gasteiger partial charge in [-0.25, -0.2) is 9.97 Å². The molecule has 0 saturated carbocycles. The fraction of sp³-hybridized carbons (Fsp3) is 0.0385. The molecule has 4 nitrogen and oxygen atoms in total. The van der Waals surface area contributed by atoms with Gasteiger partial charge in [0.2, 0.25) is 0 Å². The molecule has 4 heteroatoms. The number of nitrogens with zero attached hydrogens (tertiary/aromatic N) is 4. The lowest BCUT2D eigenvalue weighted by atomic mass is 9.91. The first kappa shape index (κ1) is 32.2. The molecule has 2 atom stereocenters. The first-order valence-corrected chi connectivity index (χ1v) is 19.2. The first-order valence-electron chi connectivity index (χ1n) is 19.2. The Hall–Kier alpha value is -7.30. The van der Waals surface area contributed by atoms with E-state index in [1.54, 1.807) is 0 Å². The molecule has 0 saturated heterocycles. The number of fused-ring (bicyclic) bond motifs is 6. The number of aromatic nitrogens is 3. The van der Waals surface area contributed by atoms with E-state index in [1.807, 2.05) is 24.3 Å². The van der Waals surface area contributed by atoms with Gasteiger partial charge in [-0.2, -0.15) is 0 Å². The van der Waals surface area contributed by atoms with Crippen molar-refractivity contribution in [2.75, 3.05) is 4.90 Å². The quantitative estimate of drug-likeness (QED) is 0.172. The summed E-state index contributed by atoms with van der Waals surface area (Å²) in [7, 11) is 0. The third kappa shape index (κ3) is 5.38. The molecule has 0 N–H and O–H groups in total. The van der Waals surface area contributed by atoms with E-state index in [1.165, 1.54) is 38.7 Å². The summed E-state index contributed by atoms with van der Waals surface area (Å²) in [5, 5.41) is 2.50. The molecule has 9 aromatic rings. The predicted octanol–water partition coefficient (Wildman–Crippen LogP) is 13.0. The van der Waals surface area contributed by atoms with Gasteiger partial charge in [0, 0.05) is 50.4 Å². The molecule has 1 aliphatic carbocycles. The Morgan fingerprint density at radius 1 is 0.411 bits per heavy atom. The second-order valence-electron chi connectivity index (χ2n) is 14.6. The Balaban J connectivity index is 1.08. The molecule has 0 spiro atoms. The number of para-hydroxylation sites is 3. The van der Waals surface area contributed by atoms with Crippen molar-refractivity contribution in [3.8, 4) is 50.7 Å². The summed E-state index contributed by atoms with van der Waals surface area (Å²) in [6, 6.07) is 65.2. The summed E-state index contributed by atoms with van der Waals surface area (Å²) >= 11 is 0. The molecule has 2 unspecified atom stereocenters. The largest absolute Gasteiger partial charge is 0.333 e. The SMILES string of the molecule is C1=CC2c3ccccc3N(c3cc(-c4ccc(-c5cc(-c6ccccc6)nc(-c6ccccc6)n5)cc4)cc(-n4c5ccccc5c5ccccc54)c3)C2C=C1. The molecule has 264 valence electrons. The first-order chi connectivity index (χ1) is 27.8. The van der Waals surface area contributed by atoms with Crippen LogP contribution in [0.3, 0.4) is 0 Å². The number of hydrogen-bond donors (Lipinski definition) is 0. The predicted molar refractivity (Wildman–Crippen MR) is 232 cm³/mol. The summed E-state index contributed by atoms with van der Waals surface area (Å²) in [4.78, 5) is 12.6. The minimum absolute atomic E-state index is 0.191. The number of hydrogen-bond acceptors (Lipinski definition) is 3. The molecular weight excluding hydrogens is 681 g/mol. The van der Waals surface area contributed by atoms with Crippen LogP contribution >= 0.6 is 0 Å². The Morgan fingerprint density at radius 2 is 0.964 bits per heavy atom. The number of anilines is 2. The van der Waals surface area contributed by atoms with Gasteiger partial charge in [0.05, 0.1) is 28.5 Å². The fourth-order valence-corrected chi connectivity index (χ4v) is 8.72. The van der Waals surface area contributed by atoms with Gasteiger partial charge in [-0.15, -0.1) is 0 Å². The second kappa shape index (κ2) is 13.2. The smallest absolute Gasteiger partial charge is 0.160 e. The van der Waals surface area contributed by atoms with Crippen LogP contribution in [0.5, 0.6) is 0 Å². The standard InChI is InChI=1S/C52H36N4/c1-3-15-36(16-4-1)46-34-47(54-52(53-46)38-17-5-2-6-18-38)37-29-27-35(28-30-37)39-31-40(55-48-23-11-7-19-42(48)43-20-8-12-24-49(43)55)33-41(32-39)56-50-25-13-9-21-44(50)45-22-10-14-26-51(45)56/h1-34,42,48H. The Kier molecular flexibility index (Phi) is 7.59. The topological polar surface area (TPSA) is 34.0 Å². The molecule has 0 radical (unpaired) electrons. The van der Waals surface area contributed by atoms with Crippen molar-refractivity contribution in [2.24, 2.45) is 0 Å². The highest BCUT2D eigenvalue weighted by atomic mass is 15.2. The van der Waals surface area contributed by atoms with Gasteiger partial charge in [-0.3, -0.25) is 0 Å². The number of allylic oxidation sites excluding steroid dienone is 2. The van der Waals surface area contributed by atoms with Crippen molar-refractivity contribution >= 4 is 33.2 Å². The summed E-state index contributed by atoms with van der Waals surface area (Å²) < 4.78 is 2.43. The van der Waals surface area contributed by atoms with Crippen molar-refractivity contribution in [1.82, 2.24) is 14.5 Å². The zero-order valence-electron chi connectivity index (χ0n) is 30.6. The molecule has 0 fully saturated rings. The van der Waals surface area contributed by atoms with Crippen molar-refractivity contribution in [3.63, 3.8) is 0 Å². The minimum Gasteiger partial charge on any atom is -0.333 e. The van der Waals surface area contributed by atoms with Gasteiger partial charge in [-0.1, -0.05) is 164 Å². The molecule has 0 bridgehead atoms. The summed E-state index contributed by atoms with van der Waals surface area (Å²) in [6.07, 6.45) is 9.07. The second-order valence-corrected chi connectivity index (χ2v) is 14.6. The highest BCUT2D eigenvalue weighted by Gasteiger charge is 2.37. The number of rotatable bonds is 6. The molecule has 56 heavy (non-hydrogen) atoms. The summed E-state index contributed by atoms with van der Waals surface area (Å²) in [5.74, 6) is 1.01. The van der Waals surface area contributed by atoms with E-state index in [9.17, 15) is 0 Å². The zero-order chi connectivity index (χ0) is 37.0. The zero-order valence-corrected chi connectivity index (χ0v) is 30.6. The van der Waals surface area contributed by atoms with Gasteiger partial charge >= 0.3 is 0 Å². The van der Waals surface area contributed by atoms with Crippen LogP contribution in [-0.2, 0) is 0 Å². The third-order valence-corrected chi connectivity index (χ3v) is 11.3. The Morgan fingerprint density at radius 3 is 1.68 bits per heavy atom. The van der Waals surface area contributed by atoms with Gasteiger partial charge < -0.3 is 9.47 Å². The average Bonchev–Trinajstić information content (AvgIpc) is 3.80. The molecular formula is C52H36N4. The summed E-state index contributed by atoms with van der Waals surface area (Å²) in [5.41, 5.74) is 14.5. The monoisotopic (exact) mass is 716 g/mol. The van der Waals surface area contributed by atoms with Crippen LogP contribution < -0.4 is 4.90 Å². The lowest BCUT2D eigenvalue weighted by Crippen LogP contribution is -2.28. The van der Waals surface area contributed by atoms with Crippen molar-refractivity contribution in [2.45, 2.75) is 12.0 Å². The van der Waals surface area contributed by atoms with Crippen molar-refractivity contribution < 1.29 is 0 Å². The highest BCUT2D eigenvalue weighted by molar-refractivity contribution is 6.09. The van der Waals surface area contributed by atoms with Gasteiger partial charge in [0.25, 0.3) is 0 Å². The van der Waals surface area contributed by atoms with E-state index in [4.69, 9.17) is 9.97 Å². The van der Waals surface area contributed by atoms with Crippen LogP contribution in [0.2, 0.25) is 0 Å². The molecule has 3 heterocycles. The lowest BCUT2D eigenvalue weighted by Gasteiger charge is -2.30. The van der Waals surface area contributed by atoms with Gasteiger partial charge in [0.1, 0.15) is 0 Å². The van der Waals surface area contributed by atoms with Gasteiger partial charge in [-0.05, 0) is 59.2 Å². The van der Waals surface area contributed by atoms with E-state index in [0.717, 1.165) is 44.9 Å². The molecule has 2 aromatic heterocycles. The van der Waals surface area contributed by atoms with E-state index < -0.39 is 0 Å². The maximum Gasteiger partial charge on any atom is 0.160 e. The normalized spacial score (nSPS) is 15.7. The Bertz CT molecular complexity index is 2870. The van der Waals surface area contributed by atoms with E-state index in [0.29, 0.717) is 11.7 Å². The van der Waals surface area contributed by atoms with Gasteiger partial charge in [0.15, 0.2) is 5.82 Å². The van der Waals surface area contributed by atoms with Crippen LogP contribution in [0, 0.1) is 0 Å². The van der Waals surface area contributed by atoms with E-state index in [2.05, 4.69) is 191 Å². The van der Waals surface area contributed by atoms with Crippen LogP contribution in [0.4, 0.5) is 11.4 Å². The summed E-state index contributed by atoms with van der Waals surface area (Å²) in [6.45, 7) is 0. The maximum atomic E-state index is 5.10. The number of benzene rings is 7. The lowest BCUT2D eigenvalue weighted by molar-refractivity contribution is 0.744. The molecule has 0 amide bonds. The van der Waals surface area contributed by atoms with E-state index >= 15 is 0 Å². The molecule has 2 aliphatic rings. The molecule has 7 aromatic carbocycles. The van der Waals surface area contributed by atoms with Crippen LogP contribution in [0.1, 0.15) is 11.5 Å². The minimum atomic E-state index is 0.191. The highest BCUT2D eigenvalue weighted by Crippen LogP contribution is 2.49. The maximum absolute atomic E-state index is 5.10. The third-order valence-electron chi connectivity index (χ3n) is 11.3.